The maximum atomic E-state index is 12.1. The highest BCUT2D eigenvalue weighted by atomic mass is 16.6. The van der Waals surface area contributed by atoms with Crippen molar-refractivity contribution in [3.8, 4) is 5.75 Å². The molecular weight excluding hydrogens is 360 g/mol. The molecule has 0 aromatic heterocycles. The summed E-state index contributed by atoms with van der Waals surface area (Å²) < 4.78 is 10.0. The molecule has 0 heterocycles. The molecule has 0 saturated carbocycles. The van der Waals surface area contributed by atoms with E-state index >= 15 is 0 Å². The van der Waals surface area contributed by atoms with Gasteiger partial charge in [0.2, 0.25) is 0 Å². The summed E-state index contributed by atoms with van der Waals surface area (Å²) in [5.74, 6) is 0.150. The van der Waals surface area contributed by atoms with Gasteiger partial charge >= 0.3 is 5.97 Å². The molecule has 0 amide bonds. The Hall–Kier alpha value is -3.35. The highest BCUT2D eigenvalue weighted by Gasteiger charge is 2.20. The van der Waals surface area contributed by atoms with E-state index in [1.807, 2.05) is 50.2 Å². The number of nitrogens with zero attached hydrogens (tertiary/aromatic N) is 2. The molecule has 0 fully saturated rings. The van der Waals surface area contributed by atoms with Gasteiger partial charge in [-0.25, -0.2) is 4.79 Å². The lowest BCUT2D eigenvalue weighted by molar-refractivity contribution is -0.132. The highest BCUT2D eigenvalue weighted by molar-refractivity contribution is 6.43. The molecule has 0 aliphatic rings. The molecule has 0 spiro atoms. The van der Waals surface area contributed by atoms with Crippen LogP contribution >= 0.6 is 0 Å². The Morgan fingerprint density at radius 3 is 2.46 bits per heavy atom. The maximum Gasteiger partial charge on any atom is 0.360 e. The molecule has 2 rings (SSSR count). The van der Waals surface area contributed by atoms with Crippen molar-refractivity contribution in [1.82, 2.24) is 0 Å². The zero-order valence-corrected chi connectivity index (χ0v) is 16.7. The monoisotopic (exact) mass is 384 g/mol. The average molecular weight is 384 g/mol. The molecule has 0 aliphatic carbocycles. The van der Waals surface area contributed by atoms with Gasteiger partial charge in [-0.05, 0) is 31.5 Å². The van der Waals surface area contributed by atoms with E-state index in [9.17, 15) is 4.79 Å². The smallest absolute Gasteiger partial charge is 0.360 e. The van der Waals surface area contributed by atoms with Crippen LogP contribution in [0.2, 0.25) is 0 Å². The van der Waals surface area contributed by atoms with E-state index in [-0.39, 0.29) is 12.3 Å². The molecule has 0 radical (unpaired) electrons. The van der Waals surface area contributed by atoms with Crippen LogP contribution in [0.1, 0.15) is 29.2 Å². The summed E-state index contributed by atoms with van der Waals surface area (Å²) in [6.07, 6.45) is 0. The number of rotatable bonds is 8. The predicted octanol–water partition coefficient (Wildman–Crippen LogP) is 3.47. The van der Waals surface area contributed by atoms with Gasteiger partial charge in [0, 0.05) is 16.7 Å². The van der Waals surface area contributed by atoms with Crippen LogP contribution in [0.5, 0.6) is 5.75 Å². The molecule has 2 aromatic rings. The lowest BCUT2D eigenvalue weighted by Crippen LogP contribution is -2.20. The summed E-state index contributed by atoms with van der Waals surface area (Å²) >= 11 is 0. The minimum atomic E-state index is -0.593. The Balaban J connectivity index is 2.26. The van der Waals surface area contributed by atoms with E-state index in [2.05, 4.69) is 10.3 Å². The maximum absolute atomic E-state index is 12.1. The van der Waals surface area contributed by atoms with Crippen molar-refractivity contribution in [2.45, 2.75) is 20.5 Å². The standard InChI is InChI=1S/C21H24N2O5/c1-14-8-6-11-18(20(23-27-5)21(24)26-4)19(14)13-28-22-15(2)16-9-7-10-17(12-16)25-3/h6-12H,13H2,1-5H3/b22-15+,23-20+. The SMILES string of the molecule is CO/N=C(/C(=O)OC)c1cccc(C)c1CO/N=C(\C)c1cccc(OC)c1. The summed E-state index contributed by atoms with van der Waals surface area (Å²) in [6.45, 7) is 3.92. The van der Waals surface area contributed by atoms with E-state index in [0.717, 1.165) is 22.4 Å². The van der Waals surface area contributed by atoms with E-state index in [0.29, 0.717) is 11.3 Å². The van der Waals surface area contributed by atoms with Crippen LogP contribution in [0.4, 0.5) is 0 Å². The van der Waals surface area contributed by atoms with Gasteiger partial charge in [0.1, 0.15) is 19.5 Å². The summed E-state index contributed by atoms with van der Waals surface area (Å²) in [4.78, 5) is 22.5. The molecule has 0 atom stereocenters. The average Bonchev–Trinajstić information content (AvgIpc) is 2.72. The molecule has 148 valence electrons. The van der Waals surface area contributed by atoms with E-state index in [1.54, 1.807) is 13.2 Å². The van der Waals surface area contributed by atoms with Gasteiger partial charge in [-0.2, -0.15) is 0 Å². The largest absolute Gasteiger partial charge is 0.497 e. The summed E-state index contributed by atoms with van der Waals surface area (Å²) in [5, 5.41) is 8.01. The van der Waals surface area contributed by atoms with Crippen LogP contribution < -0.4 is 4.74 Å². The van der Waals surface area contributed by atoms with Gasteiger partial charge < -0.3 is 19.1 Å². The second kappa shape index (κ2) is 10.1. The van der Waals surface area contributed by atoms with Crippen LogP contribution in [-0.2, 0) is 25.8 Å². The molecule has 28 heavy (non-hydrogen) atoms. The van der Waals surface area contributed by atoms with Crippen molar-refractivity contribution in [3.63, 3.8) is 0 Å². The summed E-state index contributed by atoms with van der Waals surface area (Å²) in [5.41, 5.74) is 3.93. The van der Waals surface area contributed by atoms with E-state index in [1.165, 1.54) is 14.2 Å². The van der Waals surface area contributed by atoms with E-state index < -0.39 is 5.97 Å². The molecular formula is C21H24N2O5. The second-order valence-corrected chi connectivity index (χ2v) is 5.90. The third kappa shape index (κ3) is 5.09. The van der Waals surface area contributed by atoms with Crippen molar-refractivity contribution < 1.29 is 23.9 Å². The molecule has 0 aliphatic heterocycles. The first-order valence-electron chi connectivity index (χ1n) is 8.61. The number of esters is 1. The molecule has 0 unspecified atom stereocenters. The zero-order valence-electron chi connectivity index (χ0n) is 16.7. The molecule has 0 N–H and O–H groups in total. The molecule has 7 heteroatoms. The number of oxime groups is 2. The van der Waals surface area contributed by atoms with Crippen molar-refractivity contribution in [2.75, 3.05) is 21.3 Å². The number of benzene rings is 2. The van der Waals surface area contributed by atoms with Gasteiger partial charge in [-0.3, -0.25) is 0 Å². The Kier molecular flexibility index (Phi) is 7.56. The van der Waals surface area contributed by atoms with Crippen molar-refractivity contribution >= 4 is 17.4 Å². The Morgan fingerprint density at radius 1 is 1.04 bits per heavy atom. The second-order valence-electron chi connectivity index (χ2n) is 5.90. The number of carbonyl (C=O) groups excluding carboxylic acids is 1. The van der Waals surface area contributed by atoms with Crippen molar-refractivity contribution in [3.05, 3.63) is 64.7 Å². The van der Waals surface area contributed by atoms with Gasteiger partial charge in [-0.15, -0.1) is 0 Å². The zero-order chi connectivity index (χ0) is 20.5. The van der Waals surface area contributed by atoms with Crippen LogP contribution in [0, 0.1) is 6.92 Å². The van der Waals surface area contributed by atoms with Crippen LogP contribution in [0.25, 0.3) is 0 Å². The number of hydrogen-bond acceptors (Lipinski definition) is 7. The van der Waals surface area contributed by atoms with Gasteiger partial charge in [0.05, 0.1) is 19.9 Å². The van der Waals surface area contributed by atoms with Crippen molar-refractivity contribution in [1.29, 1.82) is 0 Å². The van der Waals surface area contributed by atoms with Gasteiger partial charge in [0.25, 0.3) is 0 Å². The summed E-state index contributed by atoms with van der Waals surface area (Å²) in [7, 11) is 4.28. The fourth-order valence-corrected chi connectivity index (χ4v) is 2.59. The third-order valence-corrected chi connectivity index (χ3v) is 4.12. The number of hydrogen-bond donors (Lipinski definition) is 0. The lowest BCUT2D eigenvalue weighted by atomic mass is 9.99. The first-order valence-corrected chi connectivity index (χ1v) is 8.61. The molecule has 0 bridgehead atoms. The topological polar surface area (TPSA) is 78.7 Å². The van der Waals surface area contributed by atoms with E-state index in [4.69, 9.17) is 19.1 Å². The van der Waals surface area contributed by atoms with Crippen LogP contribution in [0.15, 0.2) is 52.8 Å². The highest BCUT2D eigenvalue weighted by Crippen LogP contribution is 2.19. The first-order chi connectivity index (χ1) is 13.5. The first kappa shape index (κ1) is 21.0. The quantitative estimate of drug-likeness (QED) is 0.396. The Morgan fingerprint density at radius 2 is 1.79 bits per heavy atom. The Bertz CT molecular complexity index is 890. The van der Waals surface area contributed by atoms with Crippen LogP contribution in [0.3, 0.4) is 0 Å². The summed E-state index contributed by atoms with van der Waals surface area (Å²) in [6, 6.07) is 13.1. The van der Waals surface area contributed by atoms with Gasteiger partial charge in [-0.1, -0.05) is 40.6 Å². The third-order valence-electron chi connectivity index (χ3n) is 4.12. The molecule has 0 saturated heterocycles. The minimum absolute atomic E-state index is 0.0702. The van der Waals surface area contributed by atoms with Crippen LogP contribution in [-0.4, -0.2) is 38.7 Å². The Labute approximate surface area is 164 Å². The van der Waals surface area contributed by atoms with Crippen molar-refractivity contribution in [2.24, 2.45) is 10.3 Å². The predicted molar refractivity (Wildman–Crippen MR) is 107 cm³/mol. The number of carbonyl (C=O) groups is 1. The normalized spacial score (nSPS) is 11.8. The number of methoxy groups -OCH3 is 2. The van der Waals surface area contributed by atoms with Gasteiger partial charge in [0.15, 0.2) is 5.71 Å². The number of aryl methyl sites for hydroxylation is 1. The lowest BCUT2D eigenvalue weighted by Gasteiger charge is -2.12. The molecule has 2 aromatic carbocycles. The fraction of sp³-hybridized carbons (Fsp3) is 0.286. The number of ether oxygens (including phenoxy) is 2. The molecule has 7 nitrogen and oxygen atoms in total. The fourth-order valence-electron chi connectivity index (χ4n) is 2.59. The minimum Gasteiger partial charge on any atom is -0.497 e.